The first kappa shape index (κ1) is 16.4. The molecule has 0 aliphatic carbocycles. The van der Waals surface area contributed by atoms with Crippen LogP contribution < -0.4 is 5.56 Å². The summed E-state index contributed by atoms with van der Waals surface area (Å²) in [5.74, 6) is -1.39. The third-order valence-corrected chi connectivity index (χ3v) is 4.32. The van der Waals surface area contributed by atoms with Crippen LogP contribution in [0.4, 0.5) is 8.78 Å². The third-order valence-electron chi connectivity index (χ3n) is 3.36. The average molecular weight is 348 g/mol. The molecule has 24 heavy (non-hydrogen) atoms. The van der Waals surface area contributed by atoms with E-state index in [-0.39, 0.29) is 5.56 Å². The molecule has 0 unspecified atom stereocenters. The largest absolute Gasteiger partial charge is 0.301 e. The lowest BCUT2D eigenvalue weighted by atomic mass is 10.1. The van der Waals surface area contributed by atoms with Crippen LogP contribution in [0.25, 0.3) is 0 Å². The quantitative estimate of drug-likeness (QED) is 0.569. The Hall–Kier alpha value is -2.48. The van der Waals surface area contributed by atoms with Gasteiger partial charge in [0.05, 0.1) is 6.20 Å². The van der Waals surface area contributed by atoms with Gasteiger partial charge in [0.15, 0.2) is 16.8 Å². The number of aromatic amines is 1. The van der Waals surface area contributed by atoms with E-state index in [2.05, 4.69) is 15.1 Å². The smallest absolute Gasteiger partial charge is 0.255 e. The molecule has 0 saturated heterocycles. The van der Waals surface area contributed by atoms with Crippen molar-refractivity contribution < 1.29 is 8.78 Å². The summed E-state index contributed by atoms with van der Waals surface area (Å²) in [6, 6.07) is 3.72. The van der Waals surface area contributed by atoms with Crippen molar-refractivity contribution in [1.82, 2.24) is 19.7 Å². The number of rotatable bonds is 5. The fourth-order valence-corrected chi connectivity index (χ4v) is 2.94. The van der Waals surface area contributed by atoms with E-state index in [9.17, 15) is 13.6 Å². The SMILES string of the molecule is Cn1cc(Cc2cnc(SCc3ccc(F)c(F)c3)[nH]c2=O)cn1. The van der Waals surface area contributed by atoms with E-state index in [4.69, 9.17) is 0 Å². The topological polar surface area (TPSA) is 63.6 Å². The molecule has 0 aliphatic heterocycles. The summed E-state index contributed by atoms with van der Waals surface area (Å²) in [5, 5.41) is 4.49. The molecule has 0 saturated carbocycles. The maximum Gasteiger partial charge on any atom is 0.255 e. The average Bonchev–Trinajstić information content (AvgIpc) is 2.96. The van der Waals surface area contributed by atoms with Gasteiger partial charge in [-0.25, -0.2) is 13.8 Å². The highest BCUT2D eigenvalue weighted by atomic mass is 32.2. The molecular formula is C16H14F2N4OS. The molecule has 1 aromatic carbocycles. The second-order valence-electron chi connectivity index (χ2n) is 5.28. The molecule has 0 spiro atoms. The van der Waals surface area contributed by atoms with Crippen LogP contribution >= 0.6 is 11.8 Å². The molecule has 0 atom stereocenters. The number of hydrogen-bond acceptors (Lipinski definition) is 4. The van der Waals surface area contributed by atoms with E-state index in [0.29, 0.717) is 28.5 Å². The molecule has 1 N–H and O–H groups in total. The van der Waals surface area contributed by atoms with Gasteiger partial charge in [0.2, 0.25) is 0 Å². The molecule has 0 amide bonds. The van der Waals surface area contributed by atoms with Crippen molar-refractivity contribution in [2.75, 3.05) is 0 Å². The highest BCUT2D eigenvalue weighted by molar-refractivity contribution is 7.98. The van der Waals surface area contributed by atoms with Crippen molar-refractivity contribution in [3.8, 4) is 0 Å². The number of H-pyrrole nitrogens is 1. The van der Waals surface area contributed by atoms with Gasteiger partial charge in [-0.05, 0) is 23.3 Å². The third kappa shape index (κ3) is 3.88. The maximum atomic E-state index is 13.2. The summed E-state index contributed by atoms with van der Waals surface area (Å²) in [4.78, 5) is 19.0. The van der Waals surface area contributed by atoms with Gasteiger partial charge in [-0.15, -0.1) is 0 Å². The summed E-state index contributed by atoms with van der Waals surface area (Å²) in [5.41, 5.74) is 1.86. The predicted octanol–water partition coefficient (Wildman–Crippen LogP) is 2.66. The lowest BCUT2D eigenvalue weighted by molar-refractivity contribution is 0.507. The Labute approximate surface area is 140 Å². The van der Waals surface area contributed by atoms with E-state index in [1.807, 2.05) is 13.2 Å². The lowest BCUT2D eigenvalue weighted by Gasteiger charge is -2.03. The standard InChI is InChI=1S/C16H14F2N4OS/c1-22-8-11(6-20-22)4-12-7-19-16(21-15(12)23)24-9-10-2-3-13(17)14(18)5-10/h2-3,5-8H,4,9H2,1H3,(H,19,21,23). The molecule has 5 nitrogen and oxygen atoms in total. The lowest BCUT2D eigenvalue weighted by Crippen LogP contribution is -2.14. The Morgan fingerprint density at radius 2 is 2.04 bits per heavy atom. The summed E-state index contributed by atoms with van der Waals surface area (Å²) < 4.78 is 27.7. The van der Waals surface area contributed by atoms with E-state index in [1.54, 1.807) is 10.9 Å². The zero-order valence-electron chi connectivity index (χ0n) is 12.8. The molecule has 8 heteroatoms. The van der Waals surface area contributed by atoms with Crippen LogP contribution in [0.15, 0.2) is 46.7 Å². The molecule has 0 aliphatic rings. The molecule has 124 valence electrons. The summed E-state index contributed by atoms with van der Waals surface area (Å²) in [6.45, 7) is 0. The van der Waals surface area contributed by atoms with Crippen molar-refractivity contribution in [3.63, 3.8) is 0 Å². The number of benzene rings is 1. The van der Waals surface area contributed by atoms with Crippen LogP contribution in [0.2, 0.25) is 0 Å². The van der Waals surface area contributed by atoms with Gasteiger partial charge in [0.1, 0.15) is 0 Å². The minimum atomic E-state index is -0.888. The maximum absolute atomic E-state index is 13.2. The molecule has 0 radical (unpaired) electrons. The highest BCUT2D eigenvalue weighted by Crippen LogP contribution is 2.19. The van der Waals surface area contributed by atoms with E-state index >= 15 is 0 Å². The first-order valence-electron chi connectivity index (χ1n) is 7.14. The van der Waals surface area contributed by atoms with Crippen LogP contribution in [0.3, 0.4) is 0 Å². The van der Waals surface area contributed by atoms with Gasteiger partial charge in [-0.3, -0.25) is 9.48 Å². The fraction of sp³-hybridized carbons (Fsp3) is 0.188. The Bertz CT molecular complexity index is 922. The first-order valence-corrected chi connectivity index (χ1v) is 8.12. The summed E-state index contributed by atoms with van der Waals surface area (Å²) >= 11 is 1.25. The second-order valence-corrected chi connectivity index (χ2v) is 6.24. The van der Waals surface area contributed by atoms with Gasteiger partial charge >= 0.3 is 0 Å². The van der Waals surface area contributed by atoms with Gasteiger partial charge in [-0.1, -0.05) is 17.8 Å². The normalized spacial score (nSPS) is 11.0. The number of nitrogens with zero attached hydrogens (tertiary/aromatic N) is 3. The minimum absolute atomic E-state index is 0.221. The summed E-state index contributed by atoms with van der Waals surface area (Å²) in [6.07, 6.45) is 5.51. The Morgan fingerprint density at radius 3 is 2.71 bits per heavy atom. The number of aromatic nitrogens is 4. The number of aryl methyl sites for hydroxylation is 1. The van der Waals surface area contributed by atoms with E-state index in [0.717, 1.165) is 17.7 Å². The van der Waals surface area contributed by atoms with E-state index in [1.165, 1.54) is 24.0 Å². The molecule has 2 aromatic heterocycles. The van der Waals surface area contributed by atoms with Crippen molar-refractivity contribution >= 4 is 11.8 Å². The van der Waals surface area contributed by atoms with E-state index < -0.39 is 11.6 Å². The Kier molecular flexibility index (Phi) is 4.75. The van der Waals surface area contributed by atoms with Gasteiger partial charge < -0.3 is 4.98 Å². The first-order chi connectivity index (χ1) is 11.5. The zero-order valence-corrected chi connectivity index (χ0v) is 13.6. The Morgan fingerprint density at radius 1 is 1.21 bits per heavy atom. The molecule has 0 fully saturated rings. The van der Waals surface area contributed by atoms with Gasteiger partial charge in [0.25, 0.3) is 5.56 Å². The minimum Gasteiger partial charge on any atom is -0.301 e. The van der Waals surface area contributed by atoms with Crippen LogP contribution in [0.1, 0.15) is 16.7 Å². The molecule has 0 bridgehead atoms. The monoisotopic (exact) mass is 348 g/mol. The molecule has 3 rings (SSSR count). The van der Waals surface area contributed by atoms with Crippen LogP contribution in [0.5, 0.6) is 0 Å². The predicted molar refractivity (Wildman–Crippen MR) is 86.8 cm³/mol. The van der Waals surface area contributed by atoms with Crippen molar-refractivity contribution in [2.45, 2.75) is 17.3 Å². The Balaban J connectivity index is 1.68. The number of hydrogen-bond donors (Lipinski definition) is 1. The van der Waals surface area contributed by atoms with Crippen molar-refractivity contribution in [1.29, 1.82) is 0 Å². The number of thioether (sulfide) groups is 1. The van der Waals surface area contributed by atoms with Crippen LogP contribution in [0, 0.1) is 11.6 Å². The molecule has 3 aromatic rings. The van der Waals surface area contributed by atoms with Gasteiger partial charge in [-0.2, -0.15) is 5.10 Å². The van der Waals surface area contributed by atoms with Crippen LogP contribution in [-0.2, 0) is 19.2 Å². The van der Waals surface area contributed by atoms with Crippen LogP contribution in [-0.4, -0.2) is 19.7 Å². The summed E-state index contributed by atoms with van der Waals surface area (Å²) in [7, 11) is 1.81. The van der Waals surface area contributed by atoms with Crippen molar-refractivity contribution in [2.24, 2.45) is 7.05 Å². The van der Waals surface area contributed by atoms with Crippen molar-refractivity contribution in [3.05, 3.63) is 75.5 Å². The molecular weight excluding hydrogens is 334 g/mol. The second kappa shape index (κ2) is 6.96. The number of halogens is 2. The fourth-order valence-electron chi connectivity index (χ4n) is 2.17. The molecule has 2 heterocycles. The highest BCUT2D eigenvalue weighted by Gasteiger charge is 2.07. The van der Waals surface area contributed by atoms with Gasteiger partial charge in [0, 0.05) is 37.2 Å². The number of nitrogens with one attached hydrogen (secondary N) is 1. The zero-order chi connectivity index (χ0) is 17.1.